The van der Waals surface area contributed by atoms with E-state index in [-0.39, 0.29) is 16.9 Å². The first kappa shape index (κ1) is 30.4. The minimum atomic E-state index is -4.94. The Kier molecular flexibility index (Phi) is 8.39. The molecule has 3 aromatic rings. The van der Waals surface area contributed by atoms with Gasteiger partial charge in [-0.05, 0) is 62.4 Å². The van der Waals surface area contributed by atoms with Crippen LogP contribution in [-0.4, -0.2) is 53.3 Å². The van der Waals surface area contributed by atoms with Gasteiger partial charge >= 0.3 is 6.18 Å². The predicted octanol–water partition coefficient (Wildman–Crippen LogP) is 4.62. The van der Waals surface area contributed by atoms with Crippen LogP contribution in [0.5, 0.6) is 0 Å². The molecular formula is C30H36F4N8O. The number of aromatic nitrogens is 2. The molecule has 0 radical (unpaired) electrons. The summed E-state index contributed by atoms with van der Waals surface area (Å²) in [6.07, 6.45) is 0.579. The highest BCUT2D eigenvalue weighted by Gasteiger charge is 2.37. The van der Waals surface area contributed by atoms with Crippen molar-refractivity contribution in [1.82, 2.24) is 14.7 Å². The number of benzene rings is 2. The van der Waals surface area contributed by atoms with Gasteiger partial charge in [-0.3, -0.25) is 19.4 Å². The molecular weight excluding hydrogens is 564 g/mol. The molecule has 1 amide bonds. The lowest BCUT2D eigenvalue weighted by molar-refractivity contribution is -0.139. The van der Waals surface area contributed by atoms with Gasteiger partial charge in [0.05, 0.1) is 28.8 Å². The van der Waals surface area contributed by atoms with E-state index in [1.54, 1.807) is 35.8 Å². The second-order valence-corrected chi connectivity index (χ2v) is 11.3. The lowest BCUT2D eigenvalue weighted by Crippen LogP contribution is -2.47. The van der Waals surface area contributed by atoms with Crippen LogP contribution in [0.3, 0.4) is 0 Å². The molecule has 1 aliphatic heterocycles. The average Bonchev–Trinajstić information content (AvgIpc) is 3.71. The monoisotopic (exact) mass is 600 g/mol. The highest BCUT2D eigenvalue weighted by molar-refractivity contribution is 6.05. The SMILES string of the molecule is Cc1ccc(C(=O)Nc2cc(N3CCN(CC4CC4)CC3)c(F)c(C(F)(F)F)c2)cc1N(N)/C=C(\N)c1cnn(C)c1C. The number of rotatable bonds is 8. The van der Waals surface area contributed by atoms with Crippen molar-refractivity contribution in [2.45, 2.75) is 32.9 Å². The van der Waals surface area contributed by atoms with Gasteiger partial charge in [-0.15, -0.1) is 0 Å². The summed E-state index contributed by atoms with van der Waals surface area (Å²) in [7, 11) is 1.79. The molecule has 43 heavy (non-hydrogen) atoms. The zero-order valence-electron chi connectivity index (χ0n) is 24.4. The number of carbonyl (C=O) groups excluding carboxylic acids is 1. The molecule has 9 nitrogen and oxygen atoms in total. The summed E-state index contributed by atoms with van der Waals surface area (Å²) in [5.74, 6) is 4.95. The van der Waals surface area contributed by atoms with Crippen molar-refractivity contribution in [3.05, 3.63) is 76.5 Å². The Hall–Kier alpha value is -4.10. The Morgan fingerprint density at radius 3 is 2.44 bits per heavy atom. The lowest BCUT2D eigenvalue weighted by Gasteiger charge is -2.36. The van der Waals surface area contributed by atoms with Gasteiger partial charge in [0.1, 0.15) is 0 Å². The number of nitrogens with zero attached hydrogens (tertiary/aromatic N) is 5. The maximum atomic E-state index is 15.2. The lowest BCUT2D eigenvalue weighted by atomic mass is 10.1. The summed E-state index contributed by atoms with van der Waals surface area (Å²) in [5, 5.41) is 7.98. The van der Waals surface area contributed by atoms with Crippen LogP contribution in [0.1, 0.15) is 45.6 Å². The molecule has 230 valence electrons. The number of nitrogens with one attached hydrogen (secondary N) is 1. The molecule has 13 heteroatoms. The molecule has 2 fully saturated rings. The second kappa shape index (κ2) is 11.9. The third-order valence-electron chi connectivity index (χ3n) is 8.12. The number of hydrogen-bond donors (Lipinski definition) is 3. The molecule has 1 saturated carbocycles. The van der Waals surface area contributed by atoms with Gasteiger partial charge in [0.15, 0.2) is 5.82 Å². The van der Waals surface area contributed by atoms with E-state index in [1.165, 1.54) is 42.2 Å². The number of hydrazine groups is 1. The number of halogens is 4. The summed E-state index contributed by atoms with van der Waals surface area (Å²) in [5.41, 5.74) is 7.70. The van der Waals surface area contributed by atoms with Crippen LogP contribution in [0.4, 0.5) is 34.6 Å². The smallest absolute Gasteiger partial charge is 0.397 e. The van der Waals surface area contributed by atoms with E-state index in [4.69, 9.17) is 11.6 Å². The Balaban J connectivity index is 1.37. The highest BCUT2D eigenvalue weighted by atomic mass is 19.4. The first-order valence-corrected chi connectivity index (χ1v) is 14.1. The van der Waals surface area contributed by atoms with Crippen LogP contribution < -0.4 is 26.8 Å². The molecule has 1 aromatic heterocycles. The zero-order chi connectivity index (χ0) is 31.1. The molecule has 5 rings (SSSR count). The third-order valence-corrected chi connectivity index (χ3v) is 8.12. The number of nitrogens with two attached hydrogens (primary N) is 2. The molecule has 2 aliphatic rings. The van der Waals surface area contributed by atoms with Crippen LogP contribution in [0, 0.1) is 25.6 Å². The van der Waals surface area contributed by atoms with Crippen molar-refractivity contribution in [2.24, 2.45) is 24.5 Å². The highest BCUT2D eigenvalue weighted by Crippen LogP contribution is 2.38. The van der Waals surface area contributed by atoms with Gasteiger partial charge in [-0.2, -0.15) is 18.3 Å². The van der Waals surface area contributed by atoms with E-state index in [0.29, 0.717) is 55.1 Å². The van der Waals surface area contributed by atoms with E-state index >= 15 is 4.39 Å². The van der Waals surface area contributed by atoms with Crippen LogP contribution in [0.25, 0.3) is 5.70 Å². The Morgan fingerprint density at radius 1 is 1.14 bits per heavy atom. The maximum absolute atomic E-state index is 15.2. The topological polar surface area (TPSA) is 109 Å². The normalized spacial score (nSPS) is 16.5. The zero-order valence-corrected chi connectivity index (χ0v) is 24.4. The molecule has 0 bridgehead atoms. The van der Waals surface area contributed by atoms with Crippen molar-refractivity contribution in [3.63, 3.8) is 0 Å². The van der Waals surface area contributed by atoms with Crippen molar-refractivity contribution >= 4 is 28.7 Å². The van der Waals surface area contributed by atoms with E-state index in [1.807, 2.05) is 6.92 Å². The molecule has 1 aliphatic carbocycles. The summed E-state index contributed by atoms with van der Waals surface area (Å²) < 4.78 is 58.5. The molecule has 1 saturated heterocycles. The van der Waals surface area contributed by atoms with E-state index in [9.17, 15) is 18.0 Å². The first-order chi connectivity index (χ1) is 20.3. The van der Waals surface area contributed by atoms with Crippen LogP contribution in [0.2, 0.25) is 0 Å². The number of alkyl halides is 3. The van der Waals surface area contributed by atoms with Crippen LogP contribution in [-0.2, 0) is 13.2 Å². The maximum Gasteiger partial charge on any atom is 0.419 e. The number of piperazine rings is 1. The summed E-state index contributed by atoms with van der Waals surface area (Å²) >= 11 is 0. The van der Waals surface area contributed by atoms with Gasteiger partial charge in [0.2, 0.25) is 0 Å². The third kappa shape index (κ3) is 6.78. The predicted molar refractivity (Wildman–Crippen MR) is 159 cm³/mol. The minimum absolute atomic E-state index is 0.147. The summed E-state index contributed by atoms with van der Waals surface area (Å²) in [4.78, 5) is 17.1. The number of anilines is 3. The van der Waals surface area contributed by atoms with Gasteiger partial charge in [0, 0.05) is 68.5 Å². The van der Waals surface area contributed by atoms with Crippen LogP contribution >= 0.6 is 0 Å². The van der Waals surface area contributed by atoms with Gasteiger partial charge < -0.3 is 16.0 Å². The number of amides is 1. The minimum Gasteiger partial charge on any atom is -0.397 e. The number of carbonyl (C=O) groups is 1. The summed E-state index contributed by atoms with van der Waals surface area (Å²) in [6, 6.07) is 6.61. The number of aryl methyl sites for hydroxylation is 2. The van der Waals surface area contributed by atoms with Gasteiger partial charge in [-0.25, -0.2) is 10.2 Å². The molecule has 2 heterocycles. The number of hydrogen-bond acceptors (Lipinski definition) is 7. The Labute approximate surface area is 247 Å². The molecule has 5 N–H and O–H groups in total. The Morgan fingerprint density at radius 2 is 1.84 bits per heavy atom. The fourth-order valence-corrected chi connectivity index (χ4v) is 5.26. The average molecular weight is 601 g/mol. The molecule has 0 unspecified atom stereocenters. The quantitative estimate of drug-likeness (QED) is 0.197. The van der Waals surface area contributed by atoms with Crippen molar-refractivity contribution in [3.8, 4) is 0 Å². The largest absolute Gasteiger partial charge is 0.419 e. The fourth-order valence-electron chi connectivity index (χ4n) is 5.26. The first-order valence-electron chi connectivity index (χ1n) is 14.1. The second-order valence-electron chi connectivity index (χ2n) is 11.3. The molecule has 0 atom stereocenters. The molecule has 2 aromatic carbocycles. The van der Waals surface area contributed by atoms with Crippen molar-refractivity contribution in [2.75, 3.05) is 47.9 Å². The standard InChI is InChI=1S/C30H36F4N8O/c1-18-4-7-21(12-26(18)42(36)17-25(35)23-15-37-39(3)19(23)2)29(43)38-22-13-24(30(32,33)34)28(31)27(14-22)41-10-8-40(9-11-41)16-20-5-6-20/h4,7,12-15,17,20H,5-6,8-11,16,35-36H2,1-3H3,(H,38,43)/b25-17-. The van der Waals surface area contributed by atoms with E-state index < -0.39 is 23.5 Å². The van der Waals surface area contributed by atoms with Gasteiger partial charge in [0.25, 0.3) is 5.91 Å². The van der Waals surface area contributed by atoms with E-state index in [2.05, 4.69) is 15.3 Å². The fraction of sp³-hybridized carbons (Fsp3) is 0.400. The Bertz CT molecular complexity index is 1540. The van der Waals surface area contributed by atoms with Crippen molar-refractivity contribution in [1.29, 1.82) is 0 Å². The molecule has 0 spiro atoms. The summed E-state index contributed by atoms with van der Waals surface area (Å²) in [6.45, 7) is 6.67. The van der Waals surface area contributed by atoms with Crippen LogP contribution in [0.15, 0.2) is 42.7 Å². The van der Waals surface area contributed by atoms with Crippen molar-refractivity contribution < 1.29 is 22.4 Å². The van der Waals surface area contributed by atoms with E-state index in [0.717, 1.165) is 17.8 Å². The van der Waals surface area contributed by atoms with Gasteiger partial charge in [-0.1, -0.05) is 6.07 Å².